The number of H-pyrrole nitrogens is 1. The van der Waals surface area contributed by atoms with E-state index < -0.39 is 0 Å². The summed E-state index contributed by atoms with van der Waals surface area (Å²) in [5.41, 5.74) is 3.58. The molecule has 1 aromatic heterocycles. The van der Waals surface area contributed by atoms with Gasteiger partial charge in [-0.15, -0.1) is 0 Å². The highest BCUT2D eigenvalue weighted by Crippen LogP contribution is 2.22. The molecule has 3 nitrogen and oxygen atoms in total. The number of hydrogen-bond donors (Lipinski definition) is 2. The Balaban J connectivity index is 1.92. The van der Waals surface area contributed by atoms with Crippen LogP contribution in [0.15, 0.2) is 24.3 Å². The SMILES string of the molecule is Cc1[nH]c2ccccc2c1CCC(=O)NCCC(C)C. The van der Waals surface area contributed by atoms with Crippen LogP contribution in [0.3, 0.4) is 0 Å². The number of benzene rings is 1. The highest BCUT2D eigenvalue weighted by molar-refractivity contribution is 5.85. The molecule has 0 atom stereocenters. The lowest BCUT2D eigenvalue weighted by Crippen LogP contribution is -2.25. The van der Waals surface area contributed by atoms with E-state index in [2.05, 4.69) is 43.2 Å². The number of para-hydroxylation sites is 1. The molecule has 0 fully saturated rings. The molecule has 108 valence electrons. The Kier molecular flexibility index (Phi) is 4.83. The zero-order valence-electron chi connectivity index (χ0n) is 12.6. The first-order valence-corrected chi connectivity index (χ1v) is 7.41. The van der Waals surface area contributed by atoms with Gasteiger partial charge in [-0.2, -0.15) is 0 Å². The van der Waals surface area contributed by atoms with Gasteiger partial charge in [-0.3, -0.25) is 4.79 Å². The van der Waals surface area contributed by atoms with E-state index in [0.717, 1.165) is 24.9 Å². The van der Waals surface area contributed by atoms with E-state index in [0.29, 0.717) is 12.3 Å². The van der Waals surface area contributed by atoms with Crippen LogP contribution >= 0.6 is 0 Å². The second-order valence-corrected chi connectivity index (χ2v) is 5.81. The molecule has 0 aliphatic heterocycles. The fourth-order valence-electron chi connectivity index (χ4n) is 2.48. The van der Waals surface area contributed by atoms with Gasteiger partial charge in [0, 0.05) is 29.6 Å². The number of aryl methyl sites for hydroxylation is 2. The topological polar surface area (TPSA) is 44.9 Å². The summed E-state index contributed by atoms with van der Waals surface area (Å²) >= 11 is 0. The Labute approximate surface area is 120 Å². The quantitative estimate of drug-likeness (QED) is 0.829. The highest BCUT2D eigenvalue weighted by Gasteiger charge is 2.10. The van der Waals surface area contributed by atoms with Crippen molar-refractivity contribution < 1.29 is 4.79 Å². The van der Waals surface area contributed by atoms with Gasteiger partial charge in [0.05, 0.1) is 0 Å². The van der Waals surface area contributed by atoms with Crippen LogP contribution in [-0.4, -0.2) is 17.4 Å². The molecule has 0 saturated heterocycles. The molecule has 0 unspecified atom stereocenters. The first-order chi connectivity index (χ1) is 9.58. The molecule has 0 spiro atoms. The van der Waals surface area contributed by atoms with Crippen LogP contribution < -0.4 is 5.32 Å². The van der Waals surface area contributed by atoms with E-state index in [1.165, 1.54) is 16.6 Å². The predicted octanol–water partition coefficient (Wildman–Crippen LogP) is 3.57. The summed E-state index contributed by atoms with van der Waals surface area (Å²) in [6.45, 7) is 7.19. The molecule has 0 aliphatic rings. The number of carbonyl (C=O) groups is 1. The van der Waals surface area contributed by atoms with Crippen molar-refractivity contribution in [3.63, 3.8) is 0 Å². The van der Waals surface area contributed by atoms with Gasteiger partial charge in [0.25, 0.3) is 0 Å². The zero-order chi connectivity index (χ0) is 14.5. The number of rotatable bonds is 6. The molecular formula is C17H24N2O. The minimum Gasteiger partial charge on any atom is -0.358 e. The van der Waals surface area contributed by atoms with Crippen molar-refractivity contribution in [2.24, 2.45) is 5.92 Å². The molecule has 0 aliphatic carbocycles. The van der Waals surface area contributed by atoms with Crippen LogP contribution in [0.2, 0.25) is 0 Å². The summed E-state index contributed by atoms with van der Waals surface area (Å²) < 4.78 is 0. The Morgan fingerprint density at radius 2 is 2.05 bits per heavy atom. The lowest BCUT2D eigenvalue weighted by Gasteiger charge is -2.07. The third kappa shape index (κ3) is 3.62. The van der Waals surface area contributed by atoms with Crippen molar-refractivity contribution in [2.45, 2.75) is 40.0 Å². The largest absolute Gasteiger partial charge is 0.358 e. The fourth-order valence-corrected chi connectivity index (χ4v) is 2.48. The maximum atomic E-state index is 11.8. The Morgan fingerprint density at radius 1 is 1.30 bits per heavy atom. The number of aromatic nitrogens is 1. The summed E-state index contributed by atoms with van der Waals surface area (Å²) in [5, 5.41) is 4.23. The Bertz CT molecular complexity index is 584. The maximum absolute atomic E-state index is 11.8. The minimum atomic E-state index is 0.148. The average molecular weight is 272 g/mol. The molecule has 3 heteroatoms. The van der Waals surface area contributed by atoms with Gasteiger partial charge >= 0.3 is 0 Å². The number of hydrogen-bond acceptors (Lipinski definition) is 1. The van der Waals surface area contributed by atoms with Gasteiger partial charge in [0.2, 0.25) is 5.91 Å². The molecule has 20 heavy (non-hydrogen) atoms. The minimum absolute atomic E-state index is 0.148. The van der Waals surface area contributed by atoms with Gasteiger partial charge < -0.3 is 10.3 Å². The van der Waals surface area contributed by atoms with Gasteiger partial charge in [-0.05, 0) is 37.3 Å². The summed E-state index contributed by atoms with van der Waals surface area (Å²) in [5.74, 6) is 0.779. The van der Waals surface area contributed by atoms with E-state index in [1.807, 2.05) is 12.1 Å². The van der Waals surface area contributed by atoms with Gasteiger partial charge in [0.15, 0.2) is 0 Å². The zero-order valence-corrected chi connectivity index (χ0v) is 12.6. The highest BCUT2D eigenvalue weighted by atomic mass is 16.1. The molecule has 1 heterocycles. The van der Waals surface area contributed by atoms with E-state index >= 15 is 0 Å². The van der Waals surface area contributed by atoms with Crippen molar-refractivity contribution in [3.8, 4) is 0 Å². The number of nitrogens with one attached hydrogen (secondary N) is 2. The molecule has 0 bridgehead atoms. The smallest absolute Gasteiger partial charge is 0.220 e. The first-order valence-electron chi connectivity index (χ1n) is 7.41. The van der Waals surface area contributed by atoms with Crippen molar-refractivity contribution in [1.29, 1.82) is 0 Å². The molecule has 1 aromatic carbocycles. The first kappa shape index (κ1) is 14.6. The van der Waals surface area contributed by atoms with E-state index in [1.54, 1.807) is 0 Å². The van der Waals surface area contributed by atoms with Crippen molar-refractivity contribution in [2.75, 3.05) is 6.54 Å². The third-order valence-electron chi connectivity index (χ3n) is 3.67. The summed E-state index contributed by atoms with van der Waals surface area (Å²) in [6.07, 6.45) is 2.39. The van der Waals surface area contributed by atoms with Crippen molar-refractivity contribution in [3.05, 3.63) is 35.5 Å². The average Bonchev–Trinajstić information content (AvgIpc) is 2.71. The fraction of sp³-hybridized carbons (Fsp3) is 0.471. The maximum Gasteiger partial charge on any atom is 0.220 e. The van der Waals surface area contributed by atoms with Gasteiger partial charge in [0.1, 0.15) is 0 Å². The lowest BCUT2D eigenvalue weighted by atomic mass is 10.1. The number of carbonyl (C=O) groups excluding carboxylic acids is 1. The molecule has 2 aromatic rings. The van der Waals surface area contributed by atoms with Crippen LogP contribution in [0.4, 0.5) is 0 Å². The second-order valence-electron chi connectivity index (χ2n) is 5.81. The molecule has 0 radical (unpaired) electrons. The van der Waals surface area contributed by atoms with Crippen LogP contribution in [-0.2, 0) is 11.2 Å². The van der Waals surface area contributed by atoms with E-state index in [-0.39, 0.29) is 5.91 Å². The Hall–Kier alpha value is -1.77. The van der Waals surface area contributed by atoms with Crippen molar-refractivity contribution in [1.82, 2.24) is 10.3 Å². The van der Waals surface area contributed by atoms with Crippen molar-refractivity contribution >= 4 is 16.8 Å². The van der Waals surface area contributed by atoms with Crippen LogP contribution in [0, 0.1) is 12.8 Å². The summed E-state index contributed by atoms with van der Waals surface area (Å²) in [7, 11) is 0. The molecule has 2 rings (SSSR count). The summed E-state index contributed by atoms with van der Waals surface area (Å²) in [4.78, 5) is 15.2. The Morgan fingerprint density at radius 3 is 2.80 bits per heavy atom. The lowest BCUT2D eigenvalue weighted by molar-refractivity contribution is -0.121. The third-order valence-corrected chi connectivity index (χ3v) is 3.67. The van der Waals surface area contributed by atoms with Crippen LogP contribution in [0.25, 0.3) is 10.9 Å². The van der Waals surface area contributed by atoms with E-state index in [9.17, 15) is 4.79 Å². The monoisotopic (exact) mass is 272 g/mol. The van der Waals surface area contributed by atoms with Gasteiger partial charge in [-0.25, -0.2) is 0 Å². The standard InChI is InChI=1S/C17H24N2O/c1-12(2)10-11-18-17(20)9-8-14-13(3)19-16-7-5-4-6-15(14)16/h4-7,12,19H,8-11H2,1-3H3,(H,18,20). The number of fused-ring (bicyclic) bond motifs is 1. The van der Waals surface area contributed by atoms with Gasteiger partial charge in [-0.1, -0.05) is 32.0 Å². The molecule has 0 saturated carbocycles. The van der Waals surface area contributed by atoms with Crippen LogP contribution in [0.5, 0.6) is 0 Å². The molecule has 1 amide bonds. The van der Waals surface area contributed by atoms with E-state index in [4.69, 9.17) is 0 Å². The second kappa shape index (κ2) is 6.60. The van der Waals surface area contributed by atoms with Crippen LogP contribution in [0.1, 0.15) is 37.9 Å². The predicted molar refractivity (Wildman–Crippen MR) is 83.8 cm³/mol. The normalized spacial score (nSPS) is 11.2. The number of aromatic amines is 1. The summed E-state index contributed by atoms with van der Waals surface area (Å²) in [6, 6.07) is 8.27. The number of amides is 1. The molecular weight excluding hydrogens is 248 g/mol. The molecule has 2 N–H and O–H groups in total.